The van der Waals surface area contributed by atoms with Crippen LogP contribution < -0.4 is 0 Å². The van der Waals surface area contributed by atoms with Crippen molar-refractivity contribution in [3.63, 3.8) is 0 Å². The highest BCUT2D eigenvalue weighted by atomic mass is 16.2. The Bertz CT molecular complexity index is 417. The molecule has 114 valence electrons. The van der Waals surface area contributed by atoms with E-state index in [-0.39, 0.29) is 37.7 Å². The summed E-state index contributed by atoms with van der Waals surface area (Å²) in [6.45, 7) is 5.75. The first-order chi connectivity index (χ1) is 10.0. The van der Waals surface area contributed by atoms with Crippen LogP contribution in [0.25, 0.3) is 0 Å². The van der Waals surface area contributed by atoms with Crippen molar-refractivity contribution in [1.82, 2.24) is 14.7 Å². The van der Waals surface area contributed by atoms with Crippen molar-refractivity contribution < 1.29 is 14.4 Å². The third kappa shape index (κ3) is 4.59. The van der Waals surface area contributed by atoms with Gasteiger partial charge >= 0.3 is 0 Å². The summed E-state index contributed by atoms with van der Waals surface area (Å²) in [5.41, 5.74) is 0. The average Bonchev–Trinajstić information content (AvgIpc) is 2.47. The van der Waals surface area contributed by atoms with Crippen molar-refractivity contribution in [2.24, 2.45) is 0 Å². The molecule has 6 nitrogen and oxygen atoms in total. The molecule has 1 rings (SSSR count). The van der Waals surface area contributed by atoms with Crippen molar-refractivity contribution >= 4 is 17.7 Å². The van der Waals surface area contributed by atoms with Gasteiger partial charge < -0.3 is 14.7 Å². The smallest absolute Gasteiger partial charge is 0.249 e. The van der Waals surface area contributed by atoms with E-state index in [1.54, 1.807) is 39.0 Å². The Morgan fingerprint density at radius 3 is 1.05 bits per heavy atom. The summed E-state index contributed by atoms with van der Waals surface area (Å²) >= 11 is 0. The van der Waals surface area contributed by atoms with E-state index in [4.69, 9.17) is 0 Å². The maximum absolute atomic E-state index is 12.0. The highest BCUT2D eigenvalue weighted by Crippen LogP contribution is 2.10. The van der Waals surface area contributed by atoms with E-state index < -0.39 is 0 Å². The second kappa shape index (κ2) is 8.04. The minimum atomic E-state index is -0.228. The number of hydrogen-bond donors (Lipinski definition) is 0. The predicted molar refractivity (Wildman–Crippen MR) is 79.6 cm³/mol. The molecule has 0 saturated carbocycles. The van der Waals surface area contributed by atoms with Crippen LogP contribution in [-0.2, 0) is 14.4 Å². The van der Waals surface area contributed by atoms with Gasteiger partial charge in [-0.05, 0) is 39.0 Å². The number of rotatable bonds is 3. The second-order valence-electron chi connectivity index (χ2n) is 4.56. The Morgan fingerprint density at radius 2 is 0.857 bits per heavy atom. The van der Waals surface area contributed by atoms with Crippen molar-refractivity contribution in [2.75, 3.05) is 20.0 Å². The van der Waals surface area contributed by atoms with Gasteiger partial charge in [0.1, 0.15) is 0 Å². The highest BCUT2D eigenvalue weighted by Gasteiger charge is 2.29. The number of allylic oxidation sites excluding steroid dienone is 3. The quantitative estimate of drug-likeness (QED) is 0.731. The number of carbonyl (C=O) groups is 3. The molecular weight excluding hydrogens is 270 g/mol. The molecule has 0 unspecified atom stereocenters. The van der Waals surface area contributed by atoms with Crippen LogP contribution in [0.2, 0.25) is 0 Å². The van der Waals surface area contributed by atoms with Crippen molar-refractivity contribution in [3.05, 3.63) is 36.5 Å². The Labute approximate surface area is 125 Å². The van der Waals surface area contributed by atoms with Crippen LogP contribution in [0.4, 0.5) is 0 Å². The molecule has 1 aliphatic rings. The zero-order valence-electron chi connectivity index (χ0n) is 12.7. The fraction of sp³-hybridized carbons (Fsp3) is 0.400. The van der Waals surface area contributed by atoms with Crippen LogP contribution in [0.15, 0.2) is 36.5 Å². The molecule has 6 heteroatoms. The van der Waals surface area contributed by atoms with E-state index in [0.717, 1.165) is 0 Å². The maximum atomic E-state index is 12.0. The molecule has 0 radical (unpaired) electrons. The van der Waals surface area contributed by atoms with Crippen LogP contribution >= 0.6 is 0 Å². The summed E-state index contributed by atoms with van der Waals surface area (Å²) in [5, 5.41) is 0. The fourth-order valence-electron chi connectivity index (χ4n) is 1.91. The van der Waals surface area contributed by atoms with Gasteiger partial charge in [-0.3, -0.25) is 14.4 Å². The lowest BCUT2D eigenvalue weighted by Crippen LogP contribution is -2.58. The molecule has 0 aromatic rings. The van der Waals surface area contributed by atoms with Gasteiger partial charge in [-0.1, -0.05) is 18.2 Å². The van der Waals surface area contributed by atoms with E-state index in [1.807, 2.05) is 0 Å². The van der Waals surface area contributed by atoms with Crippen LogP contribution in [0.5, 0.6) is 0 Å². The number of hydrogen-bond acceptors (Lipinski definition) is 3. The highest BCUT2D eigenvalue weighted by molar-refractivity contribution is 5.92. The van der Waals surface area contributed by atoms with E-state index in [0.29, 0.717) is 0 Å². The third-order valence-corrected chi connectivity index (χ3v) is 2.89. The van der Waals surface area contributed by atoms with Crippen molar-refractivity contribution in [3.8, 4) is 0 Å². The van der Waals surface area contributed by atoms with E-state index in [2.05, 4.69) is 0 Å². The van der Waals surface area contributed by atoms with E-state index >= 15 is 0 Å². The Kier molecular flexibility index (Phi) is 6.39. The standard InChI is InChI=1S/C15H21N3O3/c1-4-7-13(19)16-10-17(14(20)8-5-2)12-18(11-16)15(21)9-6-3/h4-9H,10-12H2,1-3H3/b7-4+,8-5+,9-6+. The van der Waals surface area contributed by atoms with Gasteiger partial charge in [-0.25, -0.2) is 0 Å². The Hall–Kier alpha value is -2.37. The second-order valence-corrected chi connectivity index (χ2v) is 4.56. The van der Waals surface area contributed by atoms with Gasteiger partial charge in [0.25, 0.3) is 0 Å². The summed E-state index contributed by atoms with van der Waals surface area (Å²) in [4.78, 5) is 40.3. The van der Waals surface area contributed by atoms with Crippen molar-refractivity contribution in [2.45, 2.75) is 20.8 Å². The molecule has 0 aromatic carbocycles. The molecule has 1 aliphatic heterocycles. The summed E-state index contributed by atoms with van der Waals surface area (Å²) in [6, 6.07) is 0. The Balaban J connectivity index is 2.94. The molecule has 21 heavy (non-hydrogen) atoms. The van der Waals surface area contributed by atoms with Gasteiger partial charge in [0.15, 0.2) is 0 Å². The molecule has 0 aromatic heterocycles. The summed E-state index contributed by atoms with van der Waals surface area (Å²) in [5.74, 6) is -0.684. The summed E-state index contributed by atoms with van der Waals surface area (Å²) in [7, 11) is 0. The van der Waals surface area contributed by atoms with E-state index in [9.17, 15) is 14.4 Å². The molecule has 1 heterocycles. The SMILES string of the molecule is C/C=C/C(=O)N1CN(C(=O)/C=C/C)CN(C(=O)/C=C/C)C1. The van der Waals surface area contributed by atoms with Crippen LogP contribution in [0, 0.1) is 0 Å². The van der Waals surface area contributed by atoms with Gasteiger partial charge in [0.2, 0.25) is 17.7 Å². The summed E-state index contributed by atoms with van der Waals surface area (Å²) in [6.07, 6.45) is 9.15. The van der Waals surface area contributed by atoms with Crippen molar-refractivity contribution in [1.29, 1.82) is 0 Å². The third-order valence-electron chi connectivity index (χ3n) is 2.89. The van der Waals surface area contributed by atoms with Crippen LogP contribution in [0.3, 0.4) is 0 Å². The predicted octanol–water partition coefficient (Wildman–Crippen LogP) is 1.09. The van der Waals surface area contributed by atoms with Crippen LogP contribution in [-0.4, -0.2) is 52.4 Å². The monoisotopic (exact) mass is 291 g/mol. The van der Waals surface area contributed by atoms with Crippen LogP contribution in [0.1, 0.15) is 20.8 Å². The molecule has 0 spiro atoms. The molecule has 0 atom stereocenters. The first-order valence-corrected chi connectivity index (χ1v) is 6.78. The fourth-order valence-corrected chi connectivity index (χ4v) is 1.91. The Morgan fingerprint density at radius 1 is 0.619 bits per heavy atom. The molecule has 0 N–H and O–H groups in total. The molecule has 3 amide bonds. The zero-order chi connectivity index (χ0) is 15.8. The topological polar surface area (TPSA) is 60.9 Å². The zero-order valence-corrected chi connectivity index (χ0v) is 12.7. The normalized spacial score (nSPS) is 16.4. The minimum Gasteiger partial charge on any atom is -0.303 e. The molecule has 0 aliphatic carbocycles. The molecule has 1 fully saturated rings. The number of amides is 3. The van der Waals surface area contributed by atoms with Gasteiger partial charge in [0.05, 0.1) is 20.0 Å². The molecular formula is C15H21N3O3. The van der Waals surface area contributed by atoms with Gasteiger partial charge in [-0.15, -0.1) is 0 Å². The lowest BCUT2D eigenvalue weighted by molar-refractivity contribution is -0.152. The van der Waals surface area contributed by atoms with Gasteiger partial charge in [0, 0.05) is 0 Å². The summed E-state index contributed by atoms with van der Waals surface area (Å²) < 4.78 is 0. The maximum Gasteiger partial charge on any atom is 0.249 e. The average molecular weight is 291 g/mol. The number of nitrogens with zero attached hydrogens (tertiary/aromatic N) is 3. The first kappa shape index (κ1) is 16.7. The first-order valence-electron chi connectivity index (χ1n) is 6.78. The largest absolute Gasteiger partial charge is 0.303 e. The molecule has 1 saturated heterocycles. The minimum absolute atomic E-state index is 0.173. The van der Waals surface area contributed by atoms with Gasteiger partial charge in [-0.2, -0.15) is 0 Å². The lowest BCUT2D eigenvalue weighted by Gasteiger charge is -2.41. The number of carbonyl (C=O) groups excluding carboxylic acids is 3. The van der Waals surface area contributed by atoms with E-state index in [1.165, 1.54) is 32.9 Å². The molecule has 0 bridgehead atoms. The lowest BCUT2D eigenvalue weighted by atomic mass is 10.3.